The van der Waals surface area contributed by atoms with Crippen LogP contribution in [-0.4, -0.2) is 9.97 Å². The van der Waals surface area contributed by atoms with Gasteiger partial charge >= 0.3 is 0 Å². The van der Waals surface area contributed by atoms with Gasteiger partial charge in [0.1, 0.15) is 5.82 Å². The zero-order chi connectivity index (χ0) is 11.7. The molecule has 0 spiro atoms. The Morgan fingerprint density at radius 1 is 1.06 bits per heavy atom. The van der Waals surface area contributed by atoms with Crippen LogP contribution in [0.4, 0.5) is 0 Å². The second kappa shape index (κ2) is 4.49. The number of nitrogens with zero attached hydrogens (tertiary/aromatic N) is 1. The molecule has 1 heterocycles. The standard InChI is InChI=1S/C14H11IN2/c15-11-6-7-12-13(9-11)17-14(16-12)8-10-4-2-1-3-5-10/h1-7,9H,8H2,(H,16,17). The predicted molar refractivity (Wildman–Crippen MR) is 78.1 cm³/mol. The van der Waals surface area contributed by atoms with Crippen LogP contribution < -0.4 is 0 Å². The van der Waals surface area contributed by atoms with Gasteiger partial charge in [-0.3, -0.25) is 0 Å². The molecule has 3 aromatic rings. The third-order valence-corrected chi connectivity index (χ3v) is 3.38. The summed E-state index contributed by atoms with van der Waals surface area (Å²) in [6, 6.07) is 16.6. The summed E-state index contributed by atoms with van der Waals surface area (Å²) >= 11 is 2.31. The molecule has 0 bridgehead atoms. The third kappa shape index (κ3) is 2.34. The van der Waals surface area contributed by atoms with Crippen LogP contribution in [0.15, 0.2) is 48.5 Å². The average molecular weight is 334 g/mol. The van der Waals surface area contributed by atoms with Gasteiger partial charge in [-0.05, 0) is 46.4 Å². The van der Waals surface area contributed by atoms with Gasteiger partial charge in [-0.25, -0.2) is 4.98 Å². The van der Waals surface area contributed by atoms with Gasteiger partial charge in [0.25, 0.3) is 0 Å². The highest BCUT2D eigenvalue weighted by atomic mass is 127. The normalized spacial score (nSPS) is 10.9. The fourth-order valence-electron chi connectivity index (χ4n) is 1.91. The van der Waals surface area contributed by atoms with Crippen molar-refractivity contribution in [1.29, 1.82) is 0 Å². The Labute approximate surface area is 113 Å². The van der Waals surface area contributed by atoms with Gasteiger partial charge in [-0.1, -0.05) is 30.3 Å². The largest absolute Gasteiger partial charge is 0.342 e. The van der Waals surface area contributed by atoms with Gasteiger partial charge in [0.15, 0.2) is 0 Å². The van der Waals surface area contributed by atoms with Gasteiger partial charge in [0.2, 0.25) is 0 Å². The number of hydrogen-bond acceptors (Lipinski definition) is 1. The highest BCUT2D eigenvalue weighted by Gasteiger charge is 2.03. The molecule has 1 aromatic heterocycles. The number of halogens is 1. The molecular weight excluding hydrogens is 323 g/mol. The van der Waals surface area contributed by atoms with Gasteiger partial charge < -0.3 is 4.98 Å². The summed E-state index contributed by atoms with van der Waals surface area (Å²) < 4.78 is 1.23. The lowest BCUT2D eigenvalue weighted by Gasteiger charge is -1.96. The third-order valence-electron chi connectivity index (χ3n) is 2.71. The molecule has 84 valence electrons. The Kier molecular flexibility index (Phi) is 2.84. The molecule has 0 aliphatic carbocycles. The summed E-state index contributed by atoms with van der Waals surface area (Å²) in [4.78, 5) is 7.96. The Morgan fingerprint density at radius 3 is 2.71 bits per heavy atom. The van der Waals surface area contributed by atoms with Crippen molar-refractivity contribution < 1.29 is 0 Å². The van der Waals surface area contributed by atoms with Crippen molar-refractivity contribution in [3.63, 3.8) is 0 Å². The van der Waals surface area contributed by atoms with E-state index in [-0.39, 0.29) is 0 Å². The van der Waals surface area contributed by atoms with E-state index in [1.807, 2.05) is 6.07 Å². The Bertz CT molecular complexity index is 644. The van der Waals surface area contributed by atoms with Crippen molar-refractivity contribution in [2.75, 3.05) is 0 Å². The van der Waals surface area contributed by atoms with Crippen molar-refractivity contribution in [3.05, 3.63) is 63.5 Å². The van der Waals surface area contributed by atoms with E-state index in [0.717, 1.165) is 23.3 Å². The van der Waals surface area contributed by atoms with Crippen molar-refractivity contribution in [3.8, 4) is 0 Å². The van der Waals surface area contributed by atoms with Crippen LogP contribution in [0.25, 0.3) is 11.0 Å². The van der Waals surface area contributed by atoms with Crippen LogP contribution >= 0.6 is 22.6 Å². The number of benzene rings is 2. The quantitative estimate of drug-likeness (QED) is 0.711. The van der Waals surface area contributed by atoms with E-state index >= 15 is 0 Å². The van der Waals surface area contributed by atoms with Crippen LogP contribution in [0.3, 0.4) is 0 Å². The SMILES string of the molecule is Ic1ccc2nc(Cc3ccccc3)[nH]c2c1. The molecule has 0 amide bonds. The fourth-order valence-corrected chi connectivity index (χ4v) is 2.40. The lowest BCUT2D eigenvalue weighted by atomic mass is 10.1. The number of aromatic nitrogens is 2. The van der Waals surface area contributed by atoms with E-state index in [0.29, 0.717) is 0 Å². The van der Waals surface area contributed by atoms with Crippen LogP contribution in [0.5, 0.6) is 0 Å². The van der Waals surface area contributed by atoms with E-state index in [9.17, 15) is 0 Å². The molecule has 0 radical (unpaired) electrons. The second-order valence-electron chi connectivity index (χ2n) is 4.01. The summed E-state index contributed by atoms with van der Waals surface area (Å²) in [5, 5.41) is 0. The molecule has 0 saturated carbocycles. The van der Waals surface area contributed by atoms with E-state index in [1.54, 1.807) is 0 Å². The predicted octanol–water partition coefficient (Wildman–Crippen LogP) is 3.76. The molecular formula is C14H11IN2. The maximum absolute atomic E-state index is 4.59. The second-order valence-corrected chi connectivity index (χ2v) is 5.25. The van der Waals surface area contributed by atoms with Gasteiger partial charge in [0.05, 0.1) is 11.0 Å². The lowest BCUT2D eigenvalue weighted by Crippen LogP contribution is -1.89. The van der Waals surface area contributed by atoms with Crippen LogP contribution in [-0.2, 0) is 6.42 Å². The van der Waals surface area contributed by atoms with Crippen LogP contribution in [0.2, 0.25) is 0 Å². The first-order valence-corrected chi connectivity index (χ1v) is 6.57. The molecule has 2 aromatic carbocycles. The minimum absolute atomic E-state index is 0.853. The molecule has 1 N–H and O–H groups in total. The number of rotatable bonds is 2. The number of aromatic amines is 1. The molecule has 0 aliphatic rings. The molecule has 0 saturated heterocycles. The summed E-state index contributed by atoms with van der Waals surface area (Å²) in [5.74, 6) is 1.02. The number of hydrogen-bond donors (Lipinski definition) is 1. The number of H-pyrrole nitrogens is 1. The maximum Gasteiger partial charge on any atom is 0.111 e. The van der Waals surface area contributed by atoms with E-state index in [1.165, 1.54) is 9.13 Å². The Morgan fingerprint density at radius 2 is 1.88 bits per heavy atom. The van der Waals surface area contributed by atoms with Crippen molar-refractivity contribution >= 4 is 33.6 Å². The Hall–Kier alpha value is -1.36. The molecule has 0 aliphatic heterocycles. The van der Waals surface area contributed by atoms with Gasteiger partial charge in [-0.15, -0.1) is 0 Å². The molecule has 0 unspecified atom stereocenters. The number of imidazole rings is 1. The Balaban J connectivity index is 1.96. The molecule has 0 atom stereocenters. The molecule has 3 rings (SSSR count). The first-order valence-electron chi connectivity index (χ1n) is 5.49. The summed E-state index contributed by atoms with van der Waals surface area (Å²) in [5.41, 5.74) is 3.43. The van der Waals surface area contributed by atoms with Gasteiger partial charge in [-0.2, -0.15) is 0 Å². The summed E-state index contributed by atoms with van der Waals surface area (Å²) in [6.45, 7) is 0. The van der Waals surface area contributed by atoms with Gasteiger partial charge in [0, 0.05) is 9.99 Å². The first kappa shape index (κ1) is 10.8. The number of nitrogens with one attached hydrogen (secondary N) is 1. The average Bonchev–Trinajstić information content (AvgIpc) is 2.71. The topological polar surface area (TPSA) is 28.7 Å². The minimum atomic E-state index is 0.853. The first-order chi connectivity index (χ1) is 8.31. The van der Waals surface area contributed by atoms with Crippen LogP contribution in [0.1, 0.15) is 11.4 Å². The fraction of sp³-hybridized carbons (Fsp3) is 0.0714. The van der Waals surface area contributed by atoms with Crippen molar-refractivity contribution in [2.45, 2.75) is 6.42 Å². The van der Waals surface area contributed by atoms with E-state index in [2.05, 4.69) is 75.0 Å². The smallest absolute Gasteiger partial charge is 0.111 e. The lowest BCUT2D eigenvalue weighted by molar-refractivity contribution is 1.04. The number of fused-ring (bicyclic) bond motifs is 1. The summed E-state index contributed by atoms with van der Waals surface area (Å²) in [6.07, 6.45) is 0.853. The highest BCUT2D eigenvalue weighted by Crippen LogP contribution is 2.16. The van der Waals surface area contributed by atoms with Crippen LogP contribution in [0, 0.1) is 3.57 Å². The van der Waals surface area contributed by atoms with E-state index < -0.39 is 0 Å². The summed E-state index contributed by atoms with van der Waals surface area (Å²) in [7, 11) is 0. The molecule has 2 nitrogen and oxygen atoms in total. The zero-order valence-electron chi connectivity index (χ0n) is 9.15. The monoisotopic (exact) mass is 334 g/mol. The molecule has 3 heteroatoms. The molecule has 0 fully saturated rings. The highest BCUT2D eigenvalue weighted by molar-refractivity contribution is 14.1. The van der Waals surface area contributed by atoms with Crippen molar-refractivity contribution in [2.24, 2.45) is 0 Å². The van der Waals surface area contributed by atoms with Crippen molar-refractivity contribution in [1.82, 2.24) is 9.97 Å². The maximum atomic E-state index is 4.59. The minimum Gasteiger partial charge on any atom is -0.342 e. The van der Waals surface area contributed by atoms with E-state index in [4.69, 9.17) is 0 Å². The zero-order valence-corrected chi connectivity index (χ0v) is 11.3. The molecule has 17 heavy (non-hydrogen) atoms.